The van der Waals surface area contributed by atoms with Crippen LogP contribution >= 0.6 is 0 Å². The average molecular weight is 572 g/mol. The molecule has 1 fully saturated rings. The van der Waals surface area contributed by atoms with Gasteiger partial charge in [0.05, 0.1) is 20.9 Å². The molecule has 0 unspecified atom stereocenters. The Morgan fingerprint density at radius 3 is 2.11 bits per heavy atom. The number of nitrogens with one attached hydrogen (secondary N) is 2. The van der Waals surface area contributed by atoms with Crippen molar-refractivity contribution in [3.63, 3.8) is 0 Å². The summed E-state index contributed by atoms with van der Waals surface area (Å²) in [4.78, 5) is 15.3. The molecule has 13 heteroatoms. The predicted molar refractivity (Wildman–Crippen MR) is 135 cm³/mol. The van der Waals surface area contributed by atoms with Crippen molar-refractivity contribution in [2.45, 2.75) is 60.5 Å². The fourth-order valence-corrected chi connectivity index (χ4v) is 7.49. The maximum absolute atomic E-state index is 14.0. The molecule has 0 atom stereocenters. The lowest BCUT2D eigenvalue weighted by molar-refractivity contribution is -0.140. The first-order chi connectivity index (χ1) is 17.5. The number of benzene rings is 2. The van der Waals surface area contributed by atoms with Gasteiger partial charge < -0.3 is 9.88 Å². The van der Waals surface area contributed by atoms with Crippen molar-refractivity contribution in [3.05, 3.63) is 54.2 Å². The number of likely N-dealkylation sites (tertiary alicyclic amines) is 1. The normalized spacial score (nSPS) is 16.2. The third kappa shape index (κ3) is 5.32. The van der Waals surface area contributed by atoms with Gasteiger partial charge in [-0.25, -0.2) is 21.6 Å². The SMILES string of the molecule is CC(C)(C)C(=O)N1CCC(NS(=O)(=O)c2c[nH]c3c(S(=O)(=O)c4ccccc4)ccc(C(F)(F)F)c23)CC1. The fraction of sp³-hybridized carbons (Fsp3) is 0.400. The summed E-state index contributed by atoms with van der Waals surface area (Å²) in [5, 5.41) is -0.748. The molecule has 1 saturated heterocycles. The van der Waals surface area contributed by atoms with Crippen molar-refractivity contribution < 1.29 is 34.8 Å². The second-order valence-corrected chi connectivity index (χ2v) is 13.9. The van der Waals surface area contributed by atoms with E-state index in [9.17, 15) is 34.8 Å². The van der Waals surface area contributed by atoms with Crippen LogP contribution in [0.3, 0.4) is 0 Å². The molecule has 8 nitrogen and oxygen atoms in total. The van der Waals surface area contributed by atoms with Crippen LogP contribution in [0.15, 0.2) is 63.3 Å². The van der Waals surface area contributed by atoms with E-state index in [0.717, 1.165) is 12.3 Å². The van der Waals surface area contributed by atoms with Crippen LogP contribution in [0.1, 0.15) is 39.2 Å². The van der Waals surface area contributed by atoms with Gasteiger partial charge in [-0.2, -0.15) is 13.2 Å². The summed E-state index contributed by atoms with van der Waals surface area (Å²) in [5.41, 5.74) is -2.32. The van der Waals surface area contributed by atoms with Crippen molar-refractivity contribution >= 4 is 36.7 Å². The maximum atomic E-state index is 14.0. The third-order valence-corrected chi connectivity index (χ3v) is 9.80. The number of H-pyrrole nitrogens is 1. The lowest BCUT2D eigenvalue weighted by atomic mass is 9.93. The average Bonchev–Trinajstić information content (AvgIpc) is 3.28. The lowest BCUT2D eigenvalue weighted by Gasteiger charge is -2.35. The number of carbonyl (C=O) groups excluding carboxylic acids is 1. The van der Waals surface area contributed by atoms with E-state index < -0.39 is 63.8 Å². The van der Waals surface area contributed by atoms with E-state index in [1.807, 2.05) is 0 Å². The number of hydrogen-bond donors (Lipinski definition) is 2. The summed E-state index contributed by atoms with van der Waals surface area (Å²) in [6, 6.07) is 7.95. The number of aromatic nitrogens is 1. The van der Waals surface area contributed by atoms with Gasteiger partial charge in [-0.3, -0.25) is 4.79 Å². The number of sulfonamides is 1. The molecule has 206 valence electrons. The number of hydrogen-bond acceptors (Lipinski definition) is 5. The molecular formula is C25H28F3N3O5S2. The zero-order chi connectivity index (χ0) is 28.1. The highest BCUT2D eigenvalue weighted by Gasteiger charge is 2.39. The zero-order valence-electron chi connectivity index (χ0n) is 21.0. The number of aromatic amines is 1. The van der Waals surface area contributed by atoms with Crippen LogP contribution in [0.4, 0.5) is 13.2 Å². The second kappa shape index (κ2) is 9.69. The second-order valence-electron chi connectivity index (χ2n) is 10.3. The van der Waals surface area contributed by atoms with Crippen molar-refractivity contribution in [1.82, 2.24) is 14.6 Å². The number of amides is 1. The molecule has 38 heavy (non-hydrogen) atoms. The minimum atomic E-state index is -4.95. The summed E-state index contributed by atoms with van der Waals surface area (Å²) in [6.07, 6.45) is -3.50. The van der Waals surface area contributed by atoms with Crippen molar-refractivity contribution in [1.29, 1.82) is 0 Å². The Balaban J connectivity index is 1.72. The van der Waals surface area contributed by atoms with E-state index in [1.165, 1.54) is 24.3 Å². The van der Waals surface area contributed by atoms with Crippen LogP contribution in [-0.2, 0) is 30.8 Å². The van der Waals surface area contributed by atoms with E-state index in [-0.39, 0.29) is 23.6 Å². The highest BCUT2D eigenvalue weighted by molar-refractivity contribution is 7.91. The monoisotopic (exact) mass is 571 g/mol. The number of fused-ring (bicyclic) bond motifs is 1. The number of rotatable bonds is 5. The van der Waals surface area contributed by atoms with E-state index in [0.29, 0.717) is 19.2 Å². The van der Waals surface area contributed by atoms with E-state index in [4.69, 9.17) is 0 Å². The molecule has 1 aliphatic heterocycles. The van der Waals surface area contributed by atoms with Crippen LogP contribution in [0.25, 0.3) is 10.9 Å². The van der Waals surface area contributed by atoms with E-state index >= 15 is 0 Å². The molecule has 2 N–H and O–H groups in total. The molecule has 2 aromatic carbocycles. The van der Waals surface area contributed by atoms with Gasteiger partial charge >= 0.3 is 6.18 Å². The molecule has 0 aliphatic carbocycles. The number of halogens is 3. The summed E-state index contributed by atoms with van der Waals surface area (Å²) >= 11 is 0. The first kappa shape index (κ1) is 28.1. The Morgan fingerprint density at radius 2 is 1.55 bits per heavy atom. The molecule has 1 aromatic heterocycles. The zero-order valence-corrected chi connectivity index (χ0v) is 22.6. The molecular weight excluding hydrogens is 543 g/mol. The standard InChI is InChI=1S/C25H28F3N3O5S2/c1-24(2,3)23(32)31-13-11-16(12-14-31)30-38(35,36)20-15-29-22-19(10-9-18(21(20)22)25(26,27)28)37(33,34)17-7-5-4-6-8-17/h4-10,15-16,29-30H,11-14H2,1-3H3. The maximum Gasteiger partial charge on any atom is 0.417 e. The minimum Gasteiger partial charge on any atom is -0.359 e. The molecule has 3 aromatic rings. The molecule has 0 saturated carbocycles. The predicted octanol–water partition coefficient (Wildman–Crippen LogP) is 4.33. The lowest BCUT2D eigenvalue weighted by Crippen LogP contribution is -2.49. The number of sulfone groups is 1. The number of piperidine rings is 1. The van der Waals surface area contributed by atoms with Crippen molar-refractivity contribution in [2.75, 3.05) is 13.1 Å². The van der Waals surface area contributed by atoms with Crippen LogP contribution < -0.4 is 4.72 Å². The Labute approximate surface area is 219 Å². The molecule has 4 rings (SSSR count). The highest BCUT2D eigenvalue weighted by atomic mass is 32.2. The third-order valence-electron chi connectivity index (χ3n) is 6.44. The molecule has 2 heterocycles. The van der Waals surface area contributed by atoms with Gasteiger partial charge in [-0.15, -0.1) is 0 Å². The van der Waals surface area contributed by atoms with Crippen molar-refractivity contribution in [3.8, 4) is 0 Å². The van der Waals surface area contributed by atoms with Gasteiger partial charge in [0.25, 0.3) is 0 Å². The number of nitrogens with zero attached hydrogens (tertiary/aromatic N) is 1. The van der Waals surface area contributed by atoms with Gasteiger partial charge in [0.1, 0.15) is 4.90 Å². The Hall–Kier alpha value is -2.90. The Kier molecular flexibility index (Phi) is 7.17. The summed E-state index contributed by atoms with van der Waals surface area (Å²) in [7, 11) is -8.76. The van der Waals surface area contributed by atoms with Crippen LogP contribution in [-0.4, -0.2) is 51.8 Å². The largest absolute Gasteiger partial charge is 0.417 e. The van der Waals surface area contributed by atoms with Crippen LogP contribution in [0.5, 0.6) is 0 Å². The fourth-order valence-electron chi connectivity index (χ4n) is 4.55. The number of carbonyl (C=O) groups is 1. The highest BCUT2D eigenvalue weighted by Crippen LogP contribution is 2.41. The molecule has 0 radical (unpaired) electrons. The Bertz CT molecular complexity index is 1570. The van der Waals surface area contributed by atoms with E-state index in [1.54, 1.807) is 31.7 Å². The van der Waals surface area contributed by atoms with Crippen molar-refractivity contribution in [2.24, 2.45) is 5.41 Å². The first-order valence-electron chi connectivity index (χ1n) is 11.9. The van der Waals surface area contributed by atoms with Crippen LogP contribution in [0, 0.1) is 5.41 Å². The van der Waals surface area contributed by atoms with Gasteiger partial charge in [-0.05, 0) is 37.1 Å². The smallest absolute Gasteiger partial charge is 0.359 e. The number of alkyl halides is 3. The molecule has 0 spiro atoms. The molecule has 0 bridgehead atoms. The molecule has 1 amide bonds. The minimum absolute atomic E-state index is 0.0718. The quantitative estimate of drug-likeness (QED) is 0.473. The summed E-state index contributed by atoms with van der Waals surface area (Å²) < 4.78 is 97.5. The van der Waals surface area contributed by atoms with Gasteiger partial charge in [0.15, 0.2) is 0 Å². The van der Waals surface area contributed by atoms with Gasteiger partial charge in [0.2, 0.25) is 25.8 Å². The van der Waals surface area contributed by atoms with Crippen LogP contribution in [0.2, 0.25) is 0 Å². The van der Waals surface area contributed by atoms with E-state index in [2.05, 4.69) is 9.71 Å². The molecule has 1 aliphatic rings. The van der Waals surface area contributed by atoms with Gasteiger partial charge in [0, 0.05) is 36.1 Å². The van der Waals surface area contributed by atoms with Gasteiger partial charge in [-0.1, -0.05) is 39.0 Å². The topological polar surface area (TPSA) is 116 Å². The Morgan fingerprint density at radius 1 is 0.947 bits per heavy atom. The summed E-state index contributed by atoms with van der Waals surface area (Å²) in [5.74, 6) is -0.0718. The first-order valence-corrected chi connectivity index (χ1v) is 14.8. The summed E-state index contributed by atoms with van der Waals surface area (Å²) in [6.45, 7) is 5.94.